The van der Waals surface area contributed by atoms with Crippen molar-refractivity contribution in [2.45, 2.75) is 45.4 Å². The van der Waals surface area contributed by atoms with Gasteiger partial charge in [-0.25, -0.2) is 4.79 Å². The predicted octanol–water partition coefficient (Wildman–Crippen LogP) is 5.42. The summed E-state index contributed by atoms with van der Waals surface area (Å²) >= 11 is 0. The van der Waals surface area contributed by atoms with Gasteiger partial charge in [-0.15, -0.1) is 0 Å². The second kappa shape index (κ2) is 9.17. The summed E-state index contributed by atoms with van der Waals surface area (Å²) in [7, 11) is 0. The van der Waals surface area contributed by atoms with E-state index in [-0.39, 0.29) is 5.41 Å². The summed E-state index contributed by atoms with van der Waals surface area (Å²) in [5.74, 6) is -0.506. The van der Waals surface area contributed by atoms with Crippen molar-refractivity contribution in [3.8, 4) is 0 Å². The van der Waals surface area contributed by atoms with E-state index in [1.807, 2.05) is 43.4 Å². The minimum Gasteiger partial charge on any atom is -0.512 e. The van der Waals surface area contributed by atoms with E-state index in [0.717, 1.165) is 29.6 Å². The number of hydrogen-bond acceptors (Lipinski definition) is 3. The predicted molar refractivity (Wildman–Crippen MR) is 109 cm³/mol. The third-order valence-electron chi connectivity index (χ3n) is 4.90. The zero-order valence-electron chi connectivity index (χ0n) is 16.1. The van der Waals surface area contributed by atoms with Crippen LogP contribution in [0.4, 0.5) is 0 Å². The van der Waals surface area contributed by atoms with E-state index in [4.69, 9.17) is 5.11 Å². The lowest BCUT2D eigenvalue weighted by Crippen LogP contribution is -2.28. The maximum Gasteiger partial charge on any atom is 0.328 e. The Bertz CT molecular complexity index is 828. The van der Waals surface area contributed by atoms with Crippen LogP contribution in [0.2, 0.25) is 0 Å². The molecule has 1 heterocycles. The molecule has 0 aromatic carbocycles. The molecule has 27 heavy (non-hydrogen) atoms. The van der Waals surface area contributed by atoms with Crippen LogP contribution in [0.3, 0.4) is 0 Å². The normalized spacial score (nSPS) is 22.0. The first kappa shape index (κ1) is 20.4. The second-order valence-electron chi connectivity index (χ2n) is 7.11. The standard InChI is InChI=1S/C23H27NO3/c1-17(6-4-7-18(2)16-22(26)27)9-10-20-21(25)8-5-13-23(20,3)19-11-14-24-15-12-19/h4,6-7,9-12,14-16,25H,5,8,13H2,1-3H3,(H,26,27)/b7-4+,10-9+,17-6+,18-16+/t23-/m1/s1. The summed E-state index contributed by atoms with van der Waals surface area (Å²) in [5, 5.41) is 19.2. The van der Waals surface area contributed by atoms with Gasteiger partial charge in [-0.05, 0) is 55.5 Å². The average molecular weight is 365 g/mol. The molecule has 0 saturated carbocycles. The number of hydrogen-bond donors (Lipinski definition) is 2. The van der Waals surface area contributed by atoms with Gasteiger partial charge in [-0.2, -0.15) is 0 Å². The number of carboxylic acid groups (broad SMARTS) is 1. The molecular weight excluding hydrogens is 338 g/mol. The highest BCUT2D eigenvalue weighted by Crippen LogP contribution is 2.43. The number of carbonyl (C=O) groups is 1. The second-order valence-corrected chi connectivity index (χ2v) is 7.11. The highest BCUT2D eigenvalue weighted by atomic mass is 16.4. The van der Waals surface area contributed by atoms with Crippen LogP contribution >= 0.6 is 0 Å². The lowest BCUT2D eigenvalue weighted by molar-refractivity contribution is -0.131. The van der Waals surface area contributed by atoms with Gasteiger partial charge in [0.1, 0.15) is 0 Å². The number of aromatic nitrogens is 1. The Morgan fingerprint density at radius 2 is 1.89 bits per heavy atom. The molecule has 142 valence electrons. The van der Waals surface area contributed by atoms with Gasteiger partial charge in [0.2, 0.25) is 0 Å². The smallest absolute Gasteiger partial charge is 0.328 e. The molecule has 0 bridgehead atoms. The number of aliphatic carboxylic acids is 1. The minimum atomic E-state index is -0.951. The van der Waals surface area contributed by atoms with Gasteiger partial charge < -0.3 is 10.2 Å². The SMILES string of the molecule is CC(/C=C/C1=C(O)CCC[C@]1(C)c1ccncc1)=C\C=C\C(C)=C\C(=O)O. The maximum absolute atomic E-state index is 10.6. The highest BCUT2D eigenvalue weighted by Gasteiger charge is 2.34. The Balaban J connectivity index is 2.23. The zero-order valence-corrected chi connectivity index (χ0v) is 16.1. The van der Waals surface area contributed by atoms with Crippen molar-refractivity contribution in [3.63, 3.8) is 0 Å². The molecule has 2 rings (SSSR count). The highest BCUT2D eigenvalue weighted by molar-refractivity contribution is 5.81. The van der Waals surface area contributed by atoms with Crippen LogP contribution in [0.25, 0.3) is 0 Å². The summed E-state index contributed by atoms with van der Waals surface area (Å²) < 4.78 is 0. The first-order chi connectivity index (χ1) is 12.8. The van der Waals surface area contributed by atoms with E-state index in [1.165, 1.54) is 6.08 Å². The summed E-state index contributed by atoms with van der Waals surface area (Å²) in [5.41, 5.74) is 3.54. The Hall–Kier alpha value is -2.88. The van der Waals surface area contributed by atoms with Crippen molar-refractivity contribution >= 4 is 5.97 Å². The number of pyridine rings is 1. The molecule has 1 aromatic heterocycles. The van der Waals surface area contributed by atoms with E-state index < -0.39 is 5.97 Å². The van der Waals surface area contributed by atoms with E-state index in [2.05, 4.69) is 11.9 Å². The molecule has 4 nitrogen and oxygen atoms in total. The Morgan fingerprint density at radius 1 is 1.19 bits per heavy atom. The first-order valence-electron chi connectivity index (χ1n) is 9.10. The zero-order chi connectivity index (χ0) is 19.9. The molecule has 2 N–H and O–H groups in total. The largest absolute Gasteiger partial charge is 0.512 e. The van der Waals surface area contributed by atoms with Gasteiger partial charge in [-0.3, -0.25) is 4.98 Å². The van der Waals surface area contributed by atoms with E-state index in [0.29, 0.717) is 17.8 Å². The summed E-state index contributed by atoms with van der Waals surface area (Å²) in [6.07, 6.45) is 16.8. The number of allylic oxidation sites excluding steroid dienone is 9. The molecule has 0 saturated heterocycles. The van der Waals surface area contributed by atoms with Crippen molar-refractivity contribution in [3.05, 3.63) is 89.0 Å². The van der Waals surface area contributed by atoms with Gasteiger partial charge in [-0.1, -0.05) is 42.9 Å². The summed E-state index contributed by atoms with van der Waals surface area (Å²) in [6.45, 7) is 5.88. The lowest BCUT2D eigenvalue weighted by Gasteiger charge is -2.36. The van der Waals surface area contributed by atoms with E-state index in [1.54, 1.807) is 25.4 Å². The third-order valence-corrected chi connectivity index (χ3v) is 4.90. The number of nitrogens with zero attached hydrogens (tertiary/aromatic N) is 1. The van der Waals surface area contributed by atoms with Crippen LogP contribution in [0.1, 0.15) is 45.6 Å². The van der Waals surface area contributed by atoms with Gasteiger partial charge in [0, 0.05) is 30.3 Å². The molecule has 0 fully saturated rings. The molecule has 0 aliphatic heterocycles. The molecular formula is C23H27NO3. The van der Waals surface area contributed by atoms with Crippen LogP contribution in [0.15, 0.2) is 83.5 Å². The Morgan fingerprint density at radius 3 is 2.56 bits per heavy atom. The molecule has 0 radical (unpaired) electrons. The monoisotopic (exact) mass is 365 g/mol. The molecule has 0 unspecified atom stereocenters. The van der Waals surface area contributed by atoms with Gasteiger partial charge in [0.05, 0.1) is 5.76 Å². The molecule has 1 aliphatic carbocycles. The minimum absolute atomic E-state index is 0.237. The summed E-state index contributed by atoms with van der Waals surface area (Å²) in [4.78, 5) is 14.7. The van der Waals surface area contributed by atoms with Crippen LogP contribution in [0.5, 0.6) is 0 Å². The van der Waals surface area contributed by atoms with Crippen molar-refractivity contribution in [2.75, 3.05) is 0 Å². The van der Waals surface area contributed by atoms with Crippen molar-refractivity contribution in [2.24, 2.45) is 0 Å². The molecule has 0 spiro atoms. The molecule has 0 amide bonds. The van der Waals surface area contributed by atoms with Gasteiger partial charge in [0.25, 0.3) is 0 Å². The van der Waals surface area contributed by atoms with Crippen LogP contribution in [-0.2, 0) is 10.2 Å². The quantitative estimate of drug-likeness (QED) is 0.521. The molecule has 1 aromatic rings. The fourth-order valence-electron chi connectivity index (χ4n) is 3.36. The topological polar surface area (TPSA) is 70.4 Å². The molecule has 1 atom stereocenters. The maximum atomic E-state index is 10.6. The number of rotatable bonds is 6. The average Bonchev–Trinajstić information content (AvgIpc) is 2.61. The fraction of sp³-hybridized carbons (Fsp3) is 0.304. The van der Waals surface area contributed by atoms with Gasteiger partial charge >= 0.3 is 5.97 Å². The third kappa shape index (κ3) is 5.55. The first-order valence-corrected chi connectivity index (χ1v) is 9.10. The van der Waals surface area contributed by atoms with Crippen molar-refractivity contribution < 1.29 is 15.0 Å². The summed E-state index contributed by atoms with van der Waals surface area (Å²) in [6, 6.07) is 4.02. The van der Waals surface area contributed by atoms with Crippen LogP contribution in [0, 0.1) is 0 Å². The molecule has 1 aliphatic rings. The number of aliphatic hydroxyl groups excluding tert-OH is 1. The Labute approximate surface area is 161 Å². The number of carboxylic acids is 1. The lowest BCUT2D eigenvalue weighted by atomic mass is 9.69. The molecule has 4 heteroatoms. The van der Waals surface area contributed by atoms with E-state index in [9.17, 15) is 9.90 Å². The van der Waals surface area contributed by atoms with Crippen molar-refractivity contribution in [1.82, 2.24) is 4.98 Å². The van der Waals surface area contributed by atoms with Crippen LogP contribution < -0.4 is 0 Å². The van der Waals surface area contributed by atoms with Crippen LogP contribution in [-0.4, -0.2) is 21.2 Å². The van der Waals surface area contributed by atoms with Crippen molar-refractivity contribution in [1.29, 1.82) is 0 Å². The fourth-order valence-corrected chi connectivity index (χ4v) is 3.36. The van der Waals surface area contributed by atoms with Gasteiger partial charge in [0.15, 0.2) is 0 Å². The number of aliphatic hydroxyl groups is 1. The Kier molecular flexibility index (Phi) is 6.94. The van der Waals surface area contributed by atoms with E-state index >= 15 is 0 Å².